The van der Waals surface area contributed by atoms with E-state index in [1.165, 1.54) is 19.2 Å². The average molecular weight is 621 g/mol. The lowest BCUT2D eigenvalue weighted by molar-refractivity contribution is -0.133. The van der Waals surface area contributed by atoms with Gasteiger partial charge in [-0.3, -0.25) is 19.4 Å². The molecule has 0 unspecified atom stereocenters. The smallest absolute Gasteiger partial charge is 0.265 e. The fraction of sp³-hybridized carbons (Fsp3) is 0.114. The molecule has 2 aliphatic heterocycles. The number of amides is 2. The Morgan fingerprint density at radius 3 is 1.81 bits per heavy atom. The van der Waals surface area contributed by atoms with Crippen LogP contribution in [0.2, 0.25) is 0 Å². The Morgan fingerprint density at radius 2 is 1.28 bits per heavy atom. The first-order chi connectivity index (χ1) is 20.9. The molecule has 2 aliphatic rings. The van der Waals surface area contributed by atoms with Gasteiger partial charge in [-0.15, -0.1) is 22.7 Å². The van der Waals surface area contributed by atoms with E-state index in [0.29, 0.717) is 13.1 Å². The van der Waals surface area contributed by atoms with Gasteiger partial charge in [-0.05, 0) is 74.2 Å². The number of allylic oxidation sites excluding steroid dienone is 5. The molecular weight excluding hydrogens is 593 g/mol. The molecule has 0 N–H and O–H groups in total. The van der Waals surface area contributed by atoms with Crippen molar-refractivity contribution < 1.29 is 14.3 Å². The normalized spacial score (nSPS) is 15.7. The van der Waals surface area contributed by atoms with Gasteiger partial charge in [0.05, 0.1) is 0 Å². The predicted octanol–water partition coefficient (Wildman–Crippen LogP) is 8.39. The van der Waals surface area contributed by atoms with Crippen LogP contribution in [-0.2, 0) is 14.3 Å². The third-order valence-electron chi connectivity index (χ3n) is 7.05. The molecular formula is C35H28N2O3S3. The minimum Gasteiger partial charge on any atom is -0.456 e. The van der Waals surface area contributed by atoms with E-state index in [9.17, 15) is 9.59 Å². The van der Waals surface area contributed by atoms with E-state index in [1.807, 2.05) is 56.3 Å². The highest BCUT2D eigenvalue weighted by Gasteiger charge is 2.37. The summed E-state index contributed by atoms with van der Waals surface area (Å²) < 4.78 is 8.69. The van der Waals surface area contributed by atoms with Gasteiger partial charge in [0.1, 0.15) is 17.1 Å². The zero-order chi connectivity index (χ0) is 29.9. The van der Waals surface area contributed by atoms with E-state index < -0.39 is 0 Å². The average Bonchev–Trinajstić information content (AvgIpc) is 3.58. The predicted molar refractivity (Wildman–Crippen MR) is 182 cm³/mol. The van der Waals surface area contributed by atoms with Crippen molar-refractivity contribution in [2.75, 3.05) is 13.1 Å². The number of carbonyl (C=O) groups is 2. The molecule has 0 atom stereocenters. The molecule has 8 heteroatoms. The number of thiophene rings is 2. The highest BCUT2D eigenvalue weighted by Crippen LogP contribution is 2.37. The van der Waals surface area contributed by atoms with Crippen LogP contribution in [0.3, 0.4) is 0 Å². The van der Waals surface area contributed by atoms with E-state index >= 15 is 0 Å². The van der Waals surface area contributed by atoms with Gasteiger partial charge in [0.2, 0.25) is 0 Å². The van der Waals surface area contributed by atoms with Crippen LogP contribution in [0, 0.1) is 0 Å². The zero-order valence-corrected chi connectivity index (χ0v) is 26.1. The first kappa shape index (κ1) is 28.7. The van der Waals surface area contributed by atoms with Crippen LogP contribution in [-0.4, -0.2) is 39.8 Å². The first-order valence-corrected chi connectivity index (χ1v) is 16.0. The van der Waals surface area contributed by atoms with Crippen LogP contribution in [0.1, 0.15) is 34.7 Å². The van der Waals surface area contributed by atoms with Crippen LogP contribution >= 0.6 is 34.9 Å². The van der Waals surface area contributed by atoms with Crippen molar-refractivity contribution in [3.8, 4) is 0 Å². The van der Waals surface area contributed by atoms with Gasteiger partial charge in [0, 0.05) is 43.4 Å². The number of thiocarbonyl (C=S) groups is 1. The third-order valence-corrected chi connectivity index (χ3v) is 9.70. The third kappa shape index (κ3) is 5.95. The van der Waals surface area contributed by atoms with Crippen molar-refractivity contribution in [2.24, 2.45) is 0 Å². The molecule has 6 rings (SSSR count). The molecule has 0 saturated carbocycles. The SMILES string of the molecule is CCN1C(=O)C(=C/C=C/c2cc3sc(C=C4C=C(c5ccccc5)OC(c5ccccc5)=C4)cc3s2)C(=O)N(CC)C1=S. The molecule has 4 aromatic rings. The van der Waals surface area contributed by atoms with Crippen molar-refractivity contribution in [2.45, 2.75) is 13.8 Å². The molecule has 0 aliphatic carbocycles. The summed E-state index contributed by atoms with van der Waals surface area (Å²) in [4.78, 5) is 30.8. The summed E-state index contributed by atoms with van der Waals surface area (Å²) in [5.41, 5.74) is 3.24. The van der Waals surface area contributed by atoms with Crippen molar-refractivity contribution >= 4 is 84.9 Å². The Kier molecular flexibility index (Phi) is 8.33. The van der Waals surface area contributed by atoms with Gasteiger partial charge in [0.15, 0.2) is 5.11 Å². The maximum Gasteiger partial charge on any atom is 0.265 e. The molecule has 4 heterocycles. The largest absolute Gasteiger partial charge is 0.456 e. The molecule has 0 bridgehead atoms. The number of nitrogens with zero attached hydrogens (tertiary/aromatic N) is 2. The quantitative estimate of drug-likeness (QED) is 0.118. The molecule has 2 aromatic carbocycles. The summed E-state index contributed by atoms with van der Waals surface area (Å²) >= 11 is 8.74. The molecule has 1 saturated heterocycles. The Balaban J connectivity index is 1.26. The first-order valence-electron chi connectivity index (χ1n) is 14.0. The van der Waals surface area contributed by atoms with E-state index in [2.05, 4.69) is 54.6 Å². The molecule has 0 radical (unpaired) electrons. The molecule has 1 fully saturated rings. The van der Waals surface area contributed by atoms with Crippen molar-refractivity contribution in [1.82, 2.24) is 9.80 Å². The van der Waals surface area contributed by atoms with Gasteiger partial charge in [-0.1, -0.05) is 66.7 Å². The number of ether oxygens (including phenoxy) is 1. The standard InChI is InChI=1S/C35H28N2O3S3/c1-3-36-33(38)28(34(39)37(4-2)35(36)41)17-11-16-26-21-31-32(42-26)22-27(43-31)18-23-19-29(24-12-7-5-8-13-24)40-30(20-23)25-14-9-6-10-15-25/h5-22H,3-4H2,1-2H3/b16-11+. The van der Waals surface area contributed by atoms with Gasteiger partial charge in [-0.2, -0.15) is 0 Å². The topological polar surface area (TPSA) is 49.9 Å². The molecule has 5 nitrogen and oxygen atoms in total. The number of carbonyl (C=O) groups excluding carboxylic acids is 2. The lowest BCUT2D eigenvalue weighted by atomic mass is 10.0. The van der Waals surface area contributed by atoms with E-state index in [0.717, 1.165) is 38.0 Å². The maximum atomic E-state index is 12.9. The van der Waals surface area contributed by atoms with Crippen LogP contribution in [0.4, 0.5) is 0 Å². The van der Waals surface area contributed by atoms with Crippen LogP contribution in [0.5, 0.6) is 0 Å². The number of fused-ring (bicyclic) bond motifs is 1. The molecule has 214 valence electrons. The van der Waals surface area contributed by atoms with Gasteiger partial charge in [0.25, 0.3) is 11.8 Å². The van der Waals surface area contributed by atoms with E-state index in [-0.39, 0.29) is 22.5 Å². The number of hydrogen-bond acceptors (Lipinski definition) is 6. The Bertz CT molecular complexity index is 1760. The van der Waals surface area contributed by atoms with Gasteiger partial charge < -0.3 is 4.74 Å². The van der Waals surface area contributed by atoms with E-state index in [4.69, 9.17) is 17.0 Å². The van der Waals surface area contributed by atoms with Gasteiger partial charge >= 0.3 is 0 Å². The number of hydrogen-bond donors (Lipinski definition) is 0. The number of rotatable bonds is 7. The highest BCUT2D eigenvalue weighted by molar-refractivity contribution is 7.80. The lowest BCUT2D eigenvalue weighted by Gasteiger charge is -2.35. The van der Waals surface area contributed by atoms with Crippen LogP contribution in [0.25, 0.3) is 33.1 Å². The second-order valence-corrected chi connectivity index (χ2v) is 12.4. The second kappa shape index (κ2) is 12.5. The van der Waals surface area contributed by atoms with Crippen molar-refractivity contribution in [3.63, 3.8) is 0 Å². The minimum absolute atomic E-state index is 0.128. The Hall–Kier alpha value is -4.37. The summed E-state index contributed by atoms with van der Waals surface area (Å²) in [7, 11) is 0. The summed E-state index contributed by atoms with van der Waals surface area (Å²) in [5.74, 6) is 0.931. The number of benzene rings is 2. The maximum absolute atomic E-state index is 12.9. The van der Waals surface area contributed by atoms with E-state index in [1.54, 1.807) is 34.8 Å². The Labute approximate surface area is 264 Å². The Morgan fingerprint density at radius 1 is 0.767 bits per heavy atom. The molecule has 43 heavy (non-hydrogen) atoms. The fourth-order valence-corrected chi connectivity index (χ4v) is 7.64. The zero-order valence-electron chi connectivity index (χ0n) is 23.7. The minimum atomic E-state index is -0.348. The summed E-state index contributed by atoms with van der Waals surface area (Å²) in [6.45, 7) is 4.54. The summed E-state index contributed by atoms with van der Waals surface area (Å²) in [6.07, 6.45) is 11.7. The molecule has 0 spiro atoms. The fourth-order valence-electron chi connectivity index (χ4n) is 4.93. The van der Waals surface area contributed by atoms with Crippen LogP contribution in [0.15, 0.2) is 108 Å². The number of likely N-dealkylation sites (N-methyl/N-ethyl adjacent to an activating group) is 2. The highest BCUT2D eigenvalue weighted by atomic mass is 32.1. The van der Waals surface area contributed by atoms with Crippen LogP contribution < -0.4 is 0 Å². The van der Waals surface area contributed by atoms with Crippen molar-refractivity contribution in [3.05, 3.63) is 129 Å². The van der Waals surface area contributed by atoms with Crippen molar-refractivity contribution in [1.29, 1.82) is 0 Å². The molecule has 2 amide bonds. The second-order valence-electron chi connectivity index (χ2n) is 9.84. The lowest BCUT2D eigenvalue weighted by Crippen LogP contribution is -2.55. The summed E-state index contributed by atoms with van der Waals surface area (Å²) in [6, 6.07) is 24.6. The summed E-state index contributed by atoms with van der Waals surface area (Å²) in [5, 5.41) is 0.268. The van der Waals surface area contributed by atoms with Gasteiger partial charge in [-0.25, -0.2) is 0 Å². The molecule has 2 aromatic heterocycles. The monoisotopic (exact) mass is 620 g/mol.